The lowest BCUT2D eigenvalue weighted by molar-refractivity contribution is -0.274. The first kappa shape index (κ1) is 19.8. The summed E-state index contributed by atoms with van der Waals surface area (Å²) in [6, 6.07) is 8.76. The first-order valence-electron chi connectivity index (χ1n) is 9.78. The minimum absolute atomic E-state index is 0.00389. The van der Waals surface area contributed by atoms with Crippen molar-refractivity contribution in [1.29, 1.82) is 0 Å². The Hall–Kier alpha value is -2.50. The van der Waals surface area contributed by atoms with E-state index in [2.05, 4.69) is 4.74 Å². The predicted molar refractivity (Wildman–Crippen MR) is 106 cm³/mol. The molecule has 1 fully saturated rings. The van der Waals surface area contributed by atoms with Crippen LogP contribution in [0.3, 0.4) is 0 Å². The lowest BCUT2D eigenvalue weighted by atomic mass is 9.76. The van der Waals surface area contributed by atoms with E-state index in [1.165, 1.54) is 6.07 Å². The molecule has 2 aliphatic rings. The molecule has 154 valence electrons. The van der Waals surface area contributed by atoms with E-state index in [1.54, 1.807) is 18.0 Å². The molecule has 1 heterocycles. The summed E-state index contributed by atoms with van der Waals surface area (Å²) in [6.45, 7) is 5.92. The third-order valence-electron chi connectivity index (χ3n) is 5.97. The predicted octanol–water partition coefficient (Wildman–Crippen LogP) is 6.08. The number of nitrogens with zero attached hydrogens (tertiary/aromatic N) is 1. The Balaban J connectivity index is 1.90. The minimum atomic E-state index is -4.77. The number of amides is 1. The van der Waals surface area contributed by atoms with Gasteiger partial charge in [-0.1, -0.05) is 26.0 Å². The zero-order chi connectivity index (χ0) is 21.1. The fraction of sp³-hybridized carbons (Fsp3) is 0.435. The maximum absolute atomic E-state index is 13.0. The molecule has 2 aromatic carbocycles. The van der Waals surface area contributed by atoms with Crippen LogP contribution in [0.2, 0.25) is 0 Å². The highest BCUT2D eigenvalue weighted by Crippen LogP contribution is 2.47. The molecule has 0 radical (unpaired) electrons. The quantitative estimate of drug-likeness (QED) is 0.621. The third kappa shape index (κ3) is 3.72. The van der Waals surface area contributed by atoms with Crippen LogP contribution in [0, 0.1) is 6.92 Å². The minimum Gasteiger partial charge on any atom is -0.405 e. The van der Waals surface area contributed by atoms with Gasteiger partial charge in [0.1, 0.15) is 5.75 Å². The lowest BCUT2D eigenvalue weighted by Gasteiger charge is -2.37. The number of halogens is 3. The summed E-state index contributed by atoms with van der Waals surface area (Å²) in [4.78, 5) is 14.1. The van der Waals surface area contributed by atoms with Crippen LogP contribution < -0.4 is 9.64 Å². The van der Waals surface area contributed by atoms with Gasteiger partial charge in [-0.2, -0.15) is 0 Å². The molecule has 1 aliphatic carbocycles. The molecular formula is C23H24F3NO2. The maximum atomic E-state index is 13.0. The molecule has 4 rings (SSSR count). The fourth-order valence-corrected chi connectivity index (χ4v) is 4.17. The third-order valence-corrected chi connectivity index (χ3v) is 5.97. The highest BCUT2D eigenvalue weighted by Gasteiger charge is 2.37. The van der Waals surface area contributed by atoms with Crippen molar-refractivity contribution in [3.05, 3.63) is 47.0 Å². The standard InChI is InChI=1S/C23H24F3NO2/c1-13-9-18-19(27(4)21(28)12-22(18,2)3)11-16(13)17-10-15(14-5-6-14)7-8-20(17)29-23(24,25)26/h7-11,14H,5-6,12H2,1-4H3. The molecule has 3 nitrogen and oxygen atoms in total. The van der Waals surface area contributed by atoms with Gasteiger partial charge in [0, 0.05) is 30.1 Å². The second-order valence-electron chi connectivity index (χ2n) is 8.78. The van der Waals surface area contributed by atoms with Crippen LogP contribution in [-0.4, -0.2) is 19.3 Å². The number of fused-ring (bicyclic) bond motifs is 1. The van der Waals surface area contributed by atoms with Gasteiger partial charge in [0.2, 0.25) is 5.91 Å². The Morgan fingerprint density at radius 3 is 2.41 bits per heavy atom. The zero-order valence-corrected chi connectivity index (χ0v) is 17.0. The zero-order valence-electron chi connectivity index (χ0n) is 17.0. The molecule has 0 atom stereocenters. The van der Waals surface area contributed by atoms with Crippen molar-refractivity contribution in [2.45, 2.75) is 57.7 Å². The summed E-state index contributed by atoms with van der Waals surface area (Å²) in [5.41, 5.74) is 4.39. The SMILES string of the molecule is Cc1cc2c(cc1-c1cc(C3CC3)ccc1OC(F)(F)F)N(C)C(=O)CC2(C)C. The van der Waals surface area contributed by atoms with E-state index in [9.17, 15) is 18.0 Å². The van der Waals surface area contributed by atoms with Gasteiger partial charge in [-0.3, -0.25) is 4.79 Å². The summed E-state index contributed by atoms with van der Waals surface area (Å²) in [6.07, 6.45) is -2.28. The van der Waals surface area contributed by atoms with Gasteiger partial charge in [0.25, 0.3) is 0 Å². The largest absolute Gasteiger partial charge is 0.573 e. The second kappa shape index (κ2) is 6.51. The van der Waals surface area contributed by atoms with E-state index in [0.29, 0.717) is 23.5 Å². The Bertz CT molecular complexity index is 990. The van der Waals surface area contributed by atoms with Crippen molar-refractivity contribution in [2.24, 2.45) is 0 Å². The molecule has 6 heteroatoms. The average Bonchev–Trinajstić information content (AvgIpc) is 3.44. The number of benzene rings is 2. The van der Waals surface area contributed by atoms with Gasteiger partial charge >= 0.3 is 6.36 Å². The molecule has 29 heavy (non-hydrogen) atoms. The first-order chi connectivity index (χ1) is 13.5. The fourth-order valence-electron chi connectivity index (χ4n) is 4.17. The van der Waals surface area contributed by atoms with Crippen LogP contribution in [0.15, 0.2) is 30.3 Å². The van der Waals surface area contributed by atoms with Gasteiger partial charge < -0.3 is 9.64 Å². The molecule has 1 aliphatic heterocycles. The molecule has 0 aromatic heterocycles. The summed E-state index contributed by atoms with van der Waals surface area (Å²) in [7, 11) is 1.71. The Kier molecular flexibility index (Phi) is 4.44. The molecule has 0 bridgehead atoms. The van der Waals surface area contributed by atoms with Crippen molar-refractivity contribution in [3.8, 4) is 16.9 Å². The topological polar surface area (TPSA) is 29.5 Å². The van der Waals surface area contributed by atoms with Crippen molar-refractivity contribution in [3.63, 3.8) is 0 Å². The van der Waals surface area contributed by atoms with E-state index >= 15 is 0 Å². The van der Waals surface area contributed by atoms with Crippen molar-refractivity contribution in [2.75, 3.05) is 11.9 Å². The monoisotopic (exact) mass is 403 g/mol. The maximum Gasteiger partial charge on any atom is 0.573 e. The van der Waals surface area contributed by atoms with E-state index in [-0.39, 0.29) is 17.1 Å². The van der Waals surface area contributed by atoms with E-state index in [4.69, 9.17) is 0 Å². The van der Waals surface area contributed by atoms with Crippen LogP contribution in [-0.2, 0) is 10.2 Å². The summed E-state index contributed by atoms with van der Waals surface area (Å²) in [5.74, 6) is 0.180. The number of anilines is 1. The summed E-state index contributed by atoms with van der Waals surface area (Å²) < 4.78 is 43.4. The van der Waals surface area contributed by atoms with Crippen molar-refractivity contribution in [1.82, 2.24) is 0 Å². The average molecular weight is 403 g/mol. The highest BCUT2D eigenvalue weighted by molar-refractivity contribution is 5.98. The Labute approximate surface area is 168 Å². The molecule has 0 saturated heterocycles. The highest BCUT2D eigenvalue weighted by atomic mass is 19.4. The van der Waals surface area contributed by atoms with E-state index in [1.807, 2.05) is 39.0 Å². The number of carbonyl (C=O) groups is 1. The molecule has 0 spiro atoms. The number of aryl methyl sites for hydroxylation is 1. The molecular weight excluding hydrogens is 379 g/mol. The first-order valence-corrected chi connectivity index (χ1v) is 9.78. The number of hydrogen-bond donors (Lipinski definition) is 0. The van der Waals surface area contributed by atoms with E-state index < -0.39 is 6.36 Å². The molecule has 2 aromatic rings. The van der Waals surface area contributed by atoms with Gasteiger partial charge in [-0.15, -0.1) is 13.2 Å². The Morgan fingerprint density at radius 1 is 1.10 bits per heavy atom. The number of ether oxygens (including phenoxy) is 1. The van der Waals surface area contributed by atoms with Gasteiger partial charge in [-0.05, 0) is 66.1 Å². The van der Waals surface area contributed by atoms with Crippen molar-refractivity contribution >= 4 is 11.6 Å². The normalized spacial score (nSPS) is 18.6. The van der Waals surface area contributed by atoms with Crippen LogP contribution >= 0.6 is 0 Å². The molecule has 1 amide bonds. The summed E-state index contributed by atoms with van der Waals surface area (Å²) in [5, 5.41) is 0. The Morgan fingerprint density at radius 2 is 1.79 bits per heavy atom. The smallest absolute Gasteiger partial charge is 0.405 e. The lowest BCUT2D eigenvalue weighted by Crippen LogP contribution is -2.39. The van der Waals surface area contributed by atoms with Gasteiger partial charge in [-0.25, -0.2) is 0 Å². The summed E-state index contributed by atoms with van der Waals surface area (Å²) >= 11 is 0. The van der Waals surface area contributed by atoms with Crippen LogP contribution in [0.5, 0.6) is 5.75 Å². The van der Waals surface area contributed by atoms with Crippen LogP contribution in [0.4, 0.5) is 18.9 Å². The van der Waals surface area contributed by atoms with Gasteiger partial charge in [0.15, 0.2) is 0 Å². The van der Waals surface area contributed by atoms with Crippen molar-refractivity contribution < 1.29 is 22.7 Å². The molecule has 1 saturated carbocycles. The number of hydrogen-bond acceptors (Lipinski definition) is 2. The van der Waals surface area contributed by atoms with Gasteiger partial charge in [0.05, 0.1) is 0 Å². The number of alkyl halides is 3. The molecule has 0 N–H and O–H groups in total. The van der Waals surface area contributed by atoms with Crippen LogP contribution in [0.1, 0.15) is 55.7 Å². The number of rotatable bonds is 3. The van der Waals surface area contributed by atoms with E-state index in [0.717, 1.165) is 35.2 Å². The van der Waals surface area contributed by atoms with Crippen LogP contribution in [0.25, 0.3) is 11.1 Å². The second-order valence-corrected chi connectivity index (χ2v) is 8.78. The molecule has 0 unspecified atom stereocenters. The number of carbonyl (C=O) groups excluding carboxylic acids is 1.